The summed E-state index contributed by atoms with van der Waals surface area (Å²) in [6.45, 7) is 6.76. The predicted octanol–water partition coefficient (Wildman–Crippen LogP) is 5.39. The number of rotatable bonds is 5. The van der Waals surface area contributed by atoms with Crippen LogP contribution < -0.4 is 5.32 Å². The van der Waals surface area contributed by atoms with Gasteiger partial charge in [0.15, 0.2) is 0 Å². The maximum Gasteiger partial charge on any atom is 0.142 e. The van der Waals surface area contributed by atoms with Crippen LogP contribution in [0.1, 0.15) is 40.3 Å². The van der Waals surface area contributed by atoms with Crippen molar-refractivity contribution in [2.75, 3.05) is 6.54 Å². The van der Waals surface area contributed by atoms with E-state index in [1.807, 2.05) is 20.8 Å². The van der Waals surface area contributed by atoms with Gasteiger partial charge in [-0.25, -0.2) is 8.78 Å². The quantitative estimate of drug-likeness (QED) is 0.726. The van der Waals surface area contributed by atoms with Gasteiger partial charge >= 0.3 is 0 Å². The summed E-state index contributed by atoms with van der Waals surface area (Å²) < 4.78 is 28.0. The molecule has 0 fully saturated rings. The maximum atomic E-state index is 14.2. The molecule has 1 aromatic heterocycles. The minimum atomic E-state index is -0.595. The Kier molecular flexibility index (Phi) is 5.36. The molecular formula is C16H18ClF2NS. The molecule has 0 spiro atoms. The lowest BCUT2D eigenvalue weighted by Crippen LogP contribution is -2.24. The van der Waals surface area contributed by atoms with Crippen molar-refractivity contribution in [3.05, 3.63) is 55.7 Å². The summed E-state index contributed by atoms with van der Waals surface area (Å²) in [5, 5.41) is 3.11. The zero-order valence-corrected chi connectivity index (χ0v) is 13.8. The Bertz CT molecular complexity index is 639. The standard InChI is InChI=1S/C16H18ClF2NS/c1-4-5-20-15(16-9(2)6-10(3)21-16)11-7-14(19)12(17)8-13(11)18/h6-8,15,20H,4-5H2,1-3H3. The minimum absolute atomic E-state index is 0.190. The first-order valence-corrected chi connectivity index (χ1v) is 8.08. The highest BCUT2D eigenvalue weighted by Gasteiger charge is 2.22. The summed E-state index contributed by atoms with van der Waals surface area (Å²) in [5.74, 6) is -1.08. The molecule has 2 rings (SSSR count). The zero-order valence-electron chi connectivity index (χ0n) is 12.3. The number of hydrogen-bond donors (Lipinski definition) is 1. The van der Waals surface area contributed by atoms with Gasteiger partial charge in [-0.15, -0.1) is 11.3 Å². The van der Waals surface area contributed by atoms with Gasteiger partial charge in [-0.2, -0.15) is 0 Å². The van der Waals surface area contributed by atoms with Crippen LogP contribution in [0.5, 0.6) is 0 Å². The van der Waals surface area contributed by atoms with Gasteiger partial charge in [0, 0.05) is 15.3 Å². The van der Waals surface area contributed by atoms with E-state index < -0.39 is 11.6 Å². The number of hydrogen-bond acceptors (Lipinski definition) is 2. The lowest BCUT2D eigenvalue weighted by atomic mass is 10.0. The van der Waals surface area contributed by atoms with Crippen molar-refractivity contribution in [1.82, 2.24) is 5.32 Å². The van der Waals surface area contributed by atoms with Crippen LogP contribution in [-0.2, 0) is 0 Å². The molecule has 0 aliphatic rings. The molecule has 1 atom stereocenters. The third kappa shape index (κ3) is 3.62. The Balaban J connectivity index is 2.50. The molecule has 0 aliphatic heterocycles. The molecule has 1 N–H and O–H groups in total. The van der Waals surface area contributed by atoms with Crippen molar-refractivity contribution >= 4 is 22.9 Å². The molecule has 0 radical (unpaired) electrons. The van der Waals surface area contributed by atoms with E-state index in [1.165, 1.54) is 6.07 Å². The fraction of sp³-hybridized carbons (Fsp3) is 0.375. The molecule has 1 unspecified atom stereocenters. The Labute approximate surface area is 133 Å². The summed E-state index contributed by atoms with van der Waals surface area (Å²) in [7, 11) is 0. The average molecular weight is 330 g/mol. The summed E-state index contributed by atoms with van der Waals surface area (Å²) in [6.07, 6.45) is 0.914. The first-order valence-electron chi connectivity index (χ1n) is 6.88. The van der Waals surface area contributed by atoms with Crippen LogP contribution in [0.2, 0.25) is 5.02 Å². The number of thiophene rings is 1. The van der Waals surface area contributed by atoms with E-state index in [0.29, 0.717) is 5.56 Å². The zero-order chi connectivity index (χ0) is 15.6. The Morgan fingerprint density at radius 3 is 2.48 bits per heavy atom. The van der Waals surface area contributed by atoms with E-state index in [2.05, 4.69) is 11.4 Å². The topological polar surface area (TPSA) is 12.0 Å². The molecule has 0 bridgehead atoms. The largest absolute Gasteiger partial charge is 0.305 e. The lowest BCUT2D eigenvalue weighted by molar-refractivity contribution is 0.538. The van der Waals surface area contributed by atoms with Crippen LogP contribution in [0.25, 0.3) is 0 Å². The molecule has 1 aromatic carbocycles. The van der Waals surface area contributed by atoms with Crippen LogP contribution in [0, 0.1) is 25.5 Å². The molecule has 0 amide bonds. The molecule has 0 aliphatic carbocycles. The van der Waals surface area contributed by atoms with E-state index in [1.54, 1.807) is 11.3 Å². The normalized spacial score (nSPS) is 12.7. The van der Waals surface area contributed by atoms with Gasteiger partial charge in [-0.1, -0.05) is 18.5 Å². The average Bonchev–Trinajstić information content (AvgIpc) is 2.75. The third-order valence-electron chi connectivity index (χ3n) is 3.29. The highest BCUT2D eigenvalue weighted by Crippen LogP contribution is 2.34. The van der Waals surface area contributed by atoms with Gasteiger partial charge in [-0.05, 0) is 50.6 Å². The SMILES string of the molecule is CCCNC(c1cc(F)c(Cl)cc1F)c1sc(C)cc1C. The van der Waals surface area contributed by atoms with E-state index in [-0.39, 0.29) is 11.1 Å². The third-order valence-corrected chi connectivity index (χ3v) is 4.80. The molecule has 114 valence electrons. The van der Waals surface area contributed by atoms with Crippen molar-refractivity contribution in [3.8, 4) is 0 Å². The lowest BCUT2D eigenvalue weighted by Gasteiger charge is -2.20. The van der Waals surface area contributed by atoms with Gasteiger partial charge in [-0.3, -0.25) is 0 Å². The van der Waals surface area contributed by atoms with Crippen molar-refractivity contribution in [1.29, 1.82) is 0 Å². The molecule has 5 heteroatoms. The Morgan fingerprint density at radius 2 is 1.90 bits per heavy atom. The number of aryl methyl sites for hydroxylation is 2. The predicted molar refractivity (Wildman–Crippen MR) is 85.3 cm³/mol. The second-order valence-corrected chi connectivity index (χ2v) is 6.77. The van der Waals surface area contributed by atoms with Crippen LogP contribution in [0.3, 0.4) is 0 Å². The van der Waals surface area contributed by atoms with Gasteiger partial charge in [0.05, 0.1) is 11.1 Å². The van der Waals surface area contributed by atoms with E-state index in [0.717, 1.165) is 34.3 Å². The summed E-state index contributed by atoms with van der Waals surface area (Å²) >= 11 is 7.25. The number of benzene rings is 1. The molecule has 1 nitrogen and oxygen atoms in total. The fourth-order valence-corrected chi connectivity index (χ4v) is 3.62. The molecule has 21 heavy (non-hydrogen) atoms. The van der Waals surface area contributed by atoms with Crippen molar-refractivity contribution < 1.29 is 8.78 Å². The van der Waals surface area contributed by atoms with Gasteiger partial charge in [0.2, 0.25) is 0 Å². The van der Waals surface area contributed by atoms with E-state index >= 15 is 0 Å². The van der Waals surface area contributed by atoms with Crippen molar-refractivity contribution in [2.45, 2.75) is 33.2 Å². The molecule has 0 saturated carbocycles. The highest BCUT2D eigenvalue weighted by atomic mass is 35.5. The van der Waals surface area contributed by atoms with E-state index in [9.17, 15) is 8.78 Å². The molecule has 2 aromatic rings. The Morgan fingerprint density at radius 1 is 1.19 bits per heavy atom. The van der Waals surface area contributed by atoms with Crippen molar-refractivity contribution in [2.24, 2.45) is 0 Å². The molecular weight excluding hydrogens is 312 g/mol. The second-order valence-electron chi connectivity index (χ2n) is 5.08. The van der Waals surface area contributed by atoms with Crippen molar-refractivity contribution in [3.63, 3.8) is 0 Å². The highest BCUT2D eigenvalue weighted by molar-refractivity contribution is 7.12. The maximum absolute atomic E-state index is 14.2. The summed E-state index contributed by atoms with van der Waals surface area (Å²) in [5.41, 5.74) is 1.39. The van der Waals surface area contributed by atoms with Gasteiger partial charge < -0.3 is 5.32 Å². The smallest absolute Gasteiger partial charge is 0.142 e. The van der Waals surface area contributed by atoms with Gasteiger partial charge in [0.1, 0.15) is 11.6 Å². The van der Waals surface area contributed by atoms with Crippen LogP contribution in [0.15, 0.2) is 18.2 Å². The number of halogens is 3. The second kappa shape index (κ2) is 6.86. The first-order chi connectivity index (χ1) is 9.93. The number of nitrogens with one attached hydrogen (secondary N) is 1. The monoisotopic (exact) mass is 329 g/mol. The Hall–Kier alpha value is -0.970. The minimum Gasteiger partial charge on any atom is -0.305 e. The van der Waals surface area contributed by atoms with Crippen LogP contribution in [-0.4, -0.2) is 6.54 Å². The van der Waals surface area contributed by atoms with Crippen LogP contribution in [0.4, 0.5) is 8.78 Å². The first kappa shape index (κ1) is 16.4. The summed E-state index contributed by atoms with van der Waals surface area (Å²) in [6, 6.07) is 3.95. The fourth-order valence-electron chi connectivity index (χ4n) is 2.34. The van der Waals surface area contributed by atoms with Gasteiger partial charge in [0.25, 0.3) is 0 Å². The van der Waals surface area contributed by atoms with E-state index in [4.69, 9.17) is 11.6 Å². The van der Waals surface area contributed by atoms with Crippen LogP contribution >= 0.6 is 22.9 Å². The molecule has 0 saturated heterocycles. The molecule has 1 heterocycles. The summed E-state index contributed by atoms with van der Waals surface area (Å²) in [4.78, 5) is 2.17.